The Balaban J connectivity index is 2.59. The van der Waals surface area contributed by atoms with Gasteiger partial charge in [-0.25, -0.2) is 0 Å². The molecule has 2 aromatic carbocycles. The monoisotopic (exact) mass is 329 g/mol. The minimum absolute atomic E-state index is 0.126. The number of hydrogen-bond donors (Lipinski definition) is 0. The molecule has 2 aromatic rings. The Hall–Kier alpha value is -2.91. The molecule has 0 unspecified atom stereocenters. The van der Waals surface area contributed by atoms with Crippen molar-refractivity contribution >= 4 is 0 Å². The summed E-state index contributed by atoms with van der Waals surface area (Å²) >= 11 is 0. The van der Waals surface area contributed by atoms with E-state index in [-0.39, 0.29) is 6.79 Å². The van der Waals surface area contributed by atoms with Crippen LogP contribution in [-0.2, 0) is 4.74 Å². The van der Waals surface area contributed by atoms with Crippen LogP contribution >= 0.6 is 0 Å². The molecule has 0 fully saturated rings. The van der Waals surface area contributed by atoms with Crippen molar-refractivity contribution in [3.8, 4) is 40.2 Å². The van der Waals surface area contributed by atoms with E-state index in [4.69, 9.17) is 23.7 Å². The zero-order chi connectivity index (χ0) is 17.5. The minimum Gasteiger partial charge on any atom is -0.493 e. The van der Waals surface area contributed by atoms with E-state index in [1.165, 1.54) is 0 Å². The Labute approximate surface area is 141 Å². The topological polar surface area (TPSA) is 69.9 Å². The first-order valence-electron chi connectivity index (χ1n) is 7.14. The van der Waals surface area contributed by atoms with Crippen molar-refractivity contribution in [2.75, 3.05) is 35.2 Å². The van der Waals surface area contributed by atoms with Crippen molar-refractivity contribution in [3.63, 3.8) is 0 Å². The van der Waals surface area contributed by atoms with E-state index in [1.807, 2.05) is 0 Å². The summed E-state index contributed by atoms with van der Waals surface area (Å²) in [7, 11) is 6.18. The van der Waals surface area contributed by atoms with Gasteiger partial charge in [-0.1, -0.05) is 0 Å². The molecule has 0 radical (unpaired) electrons. The normalized spacial score (nSPS) is 9.96. The van der Waals surface area contributed by atoms with E-state index in [9.17, 15) is 5.26 Å². The molecule has 0 aliphatic carbocycles. The number of ether oxygens (including phenoxy) is 5. The Morgan fingerprint density at radius 2 is 1.58 bits per heavy atom. The van der Waals surface area contributed by atoms with Crippen LogP contribution in [0.5, 0.6) is 23.0 Å². The van der Waals surface area contributed by atoms with Gasteiger partial charge in [0, 0.05) is 12.7 Å². The number of methoxy groups -OCH3 is 4. The van der Waals surface area contributed by atoms with Gasteiger partial charge in [0.2, 0.25) is 5.75 Å². The largest absolute Gasteiger partial charge is 0.493 e. The lowest BCUT2D eigenvalue weighted by molar-refractivity contribution is 0.0511. The zero-order valence-corrected chi connectivity index (χ0v) is 14.1. The van der Waals surface area contributed by atoms with Gasteiger partial charge in [-0.2, -0.15) is 5.26 Å². The van der Waals surface area contributed by atoms with Gasteiger partial charge in [0.1, 0.15) is 5.75 Å². The fraction of sp³-hybridized carbons (Fsp3) is 0.278. The predicted octanol–water partition coefficient (Wildman–Crippen LogP) is 3.23. The van der Waals surface area contributed by atoms with Crippen LogP contribution in [0.2, 0.25) is 0 Å². The first-order chi connectivity index (χ1) is 11.7. The van der Waals surface area contributed by atoms with Crippen molar-refractivity contribution < 1.29 is 23.7 Å². The summed E-state index contributed by atoms with van der Waals surface area (Å²) < 4.78 is 26.4. The van der Waals surface area contributed by atoms with E-state index < -0.39 is 0 Å². The highest BCUT2D eigenvalue weighted by molar-refractivity contribution is 5.76. The van der Waals surface area contributed by atoms with Gasteiger partial charge in [-0.15, -0.1) is 0 Å². The third-order valence-electron chi connectivity index (χ3n) is 3.43. The molecule has 0 aliphatic rings. The fourth-order valence-electron chi connectivity index (χ4n) is 2.31. The summed E-state index contributed by atoms with van der Waals surface area (Å²) in [4.78, 5) is 0. The standard InChI is InChI=1S/C18H19NO5/c1-20-11-24-14-6-5-12(10-19)15(9-14)13-7-16(21-2)18(23-4)17(8-13)22-3/h5-9H,11H2,1-4H3. The van der Waals surface area contributed by atoms with E-state index in [1.54, 1.807) is 58.8 Å². The quantitative estimate of drug-likeness (QED) is 0.726. The van der Waals surface area contributed by atoms with Gasteiger partial charge in [0.25, 0.3) is 0 Å². The van der Waals surface area contributed by atoms with Gasteiger partial charge >= 0.3 is 0 Å². The summed E-state index contributed by atoms with van der Waals surface area (Å²) in [6.07, 6.45) is 0. The second kappa shape index (κ2) is 8.09. The third-order valence-corrected chi connectivity index (χ3v) is 3.43. The lowest BCUT2D eigenvalue weighted by Crippen LogP contribution is -2.00. The average Bonchev–Trinajstić information content (AvgIpc) is 2.64. The fourth-order valence-corrected chi connectivity index (χ4v) is 2.31. The highest BCUT2D eigenvalue weighted by Crippen LogP contribution is 2.42. The molecule has 24 heavy (non-hydrogen) atoms. The summed E-state index contributed by atoms with van der Waals surface area (Å²) in [6, 6.07) is 11.0. The van der Waals surface area contributed by atoms with Gasteiger partial charge < -0.3 is 23.7 Å². The lowest BCUT2D eigenvalue weighted by Gasteiger charge is -2.15. The van der Waals surface area contributed by atoms with Gasteiger partial charge in [0.05, 0.1) is 33.0 Å². The maximum Gasteiger partial charge on any atom is 0.203 e. The second-order valence-corrected chi connectivity index (χ2v) is 4.78. The highest BCUT2D eigenvalue weighted by Gasteiger charge is 2.16. The Morgan fingerprint density at radius 1 is 0.917 bits per heavy atom. The maximum absolute atomic E-state index is 9.40. The van der Waals surface area contributed by atoms with Crippen molar-refractivity contribution in [2.24, 2.45) is 0 Å². The lowest BCUT2D eigenvalue weighted by atomic mass is 9.99. The van der Waals surface area contributed by atoms with Crippen molar-refractivity contribution in [3.05, 3.63) is 35.9 Å². The molecule has 2 rings (SSSR count). The van der Waals surface area contributed by atoms with Gasteiger partial charge in [-0.3, -0.25) is 0 Å². The van der Waals surface area contributed by atoms with Crippen LogP contribution in [0.3, 0.4) is 0 Å². The molecule has 126 valence electrons. The molecule has 0 aliphatic heterocycles. The molecule has 0 heterocycles. The molecule has 0 atom stereocenters. The average molecular weight is 329 g/mol. The summed E-state index contributed by atoms with van der Waals surface area (Å²) in [6.45, 7) is 0.126. The predicted molar refractivity (Wildman–Crippen MR) is 88.8 cm³/mol. The zero-order valence-electron chi connectivity index (χ0n) is 14.1. The van der Waals surface area contributed by atoms with Gasteiger partial charge in [0.15, 0.2) is 18.3 Å². The van der Waals surface area contributed by atoms with E-state index in [0.29, 0.717) is 34.1 Å². The summed E-state index contributed by atoms with van der Waals surface area (Å²) in [5.74, 6) is 2.12. The van der Waals surface area contributed by atoms with Crippen molar-refractivity contribution in [1.29, 1.82) is 5.26 Å². The second-order valence-electron chi connectivity index (χ2n) is 4.78. The number of rotatable bonds is 7. The van der Waals surface area contributed by atoms with Gasteiger partial charge in [-0.05, 0) is 35.9 Å². The first kappa shape index (κ1) is 17.4. The smallest absolute Gasteiger partial charge is 0.203 e. The Morgan fingerprint density at radius 3 is 2.08 bits per heavy atom. The van der Waals surface area contributed by atoms with Crippen LogP contribution in [0.25, 0.3) is 11.1 Å². The molecule has 0 aromatic heterocycles. The van der Waals surface area contributed by atoms with Crippen LogP contribution in [0.1, 0.15) is 5.56 Å². The van der Waals surface area contributed by atoms with Crippen LogP contribution < -0.4 is 18.9 Å². The summed E-state index contributed by atoms with van der Waals surface area (Å²) in [5.41, 5.74) is 1.96. The molecule has 0 amide bonds. The molecular formula is C18H19NO5. The molecule has 0 bridgehead atoms. The van der Waals surface area contributed by atoms with Crippen LogP contribution in [-0.4, -0.2) is 35.2 Å². The summed E-state index contributed by atoms with van der Waals surface area (Å²) in [5, 5.41) is 9.40. The molecule has 0 N–H and O–H groups in total. The van der Waals surface area contributed by atoms with Crippen molar-refractivity contribution in [1.82, 2.24) is 0 Å². The number of nitrogens with zero attached hydrogens (tertiary/aromatic N) is 1. The molecule has 6 nitrogen and oxygen atoms in total. The van der Waals surface area contributed by atoms with Crippen LogP contribution in [0, 0.1) is 11.3 Å². The molecule has 0 saturated heterocycles. The minimum atomic E-state index is 0.126. The maximum atomic E-state index is 9.40. The molecule has 0 saturated carbocycles. The highest BCUT2D eigenvalue weighted by atomic mass is 16.7. The molecule has 6 heteroatoms. The van der Waals surface area contributed by atoms with E-state index in [0.717, 1.165) is 5.56 Å². The van der Waals surface area contributed by atoms with Crippen LogP contribution in [0.4, 0.5) is 0 Å². The van der Waals surface area contributed by atoms with E-state index >= 15 is 0 Å². The Kier molecular flexibility index (Phi) is 5.88. The SMILES string of the molecule is COCOc1ccc(C#N)c(-c2cc(OC)c(OC)c(OC)c2)c1. The molecular weight excluding hydrogens is 310 g/mol. The van der Waals surface area contributed by atoms with E-state index in [2.05, 4.69) is 6.07 Å². The Bertz CT molecular complexity index is 727. The molecule has 0 spiro atoms. The number of hydrogen-bond acceptors (Lipinski definition) is 6. The number of nitriles is 1. The number of benzene rings is 2. The third kappa shape index (κ3) is 3.53. The first-order valence-corrected chi connectivity index (χ1v) is 7.14. The van der Waals surface area contributed by atoms with Crippen LogP contribution in [0.15, 0.2) is 30.3 Å². The van der Waals surface area contributed by atoms with Crippen molar-refractivity contribution in [2.45, 2.75) is 0 Å².